The van der Waals surface area contributed by atoms with E-state index in [9.17, 15) is 4.79 Å². The van der Waals surface area contributed by atoms with Crippen molar-refractivity contribution < 1.29 is 14.3 Å². The Labute approximate surface area is 101 Å². The molecule has 0 saturated heterocycles. The number of carbonyl (C=O) groups is 1. The Bertz CT molecular complexity index is 393. The van der Waals surface area contributed by atoms with Crippen LogP contribution in [0.3, 0.4) is 0 Å². The van der Waals surface area contributed by atoms with E-state index in [4.69, 9.17) is 15.2 Å². The number of primary amides is 1. The normalized spacial score (nSPS) is 11.9. The van der Waals surface area contributed by atoms with E-state index in [1.54, 1.807) is 20.1 Å². The zero-order valence-electron chi connectivity index (χ0n) is 10.3. The van der Waals surface area contributed by atoms with E-state index in [1.807, 2.05) is 19.2 Å². The summed E-state index contributed by atoms with van der Waals surface area (Å²) in [4.78, 5) is 11.0. The fourth-order valence-corrected chi connectivity index (χ4v) is 1.36. The van der Waals surface area contributed by atoms with Gasteiger partial charge in [0.25, 0.3) is 5.91 Å². The highest BCUT2D eigenvalue weighted by molar-refractivity contribution is 5.78. The standard InChI is InChI=1S/C12H18N2O3/c1-8(12(13)15)17-11-6-10(16-3)5-4-9(11)7-14-2/h4-6,8,14H,7H2,1-3H3,(H2,13,15). The molecule has 0 aliphatic rings. The number of amides is 1. The average molecular weight is 238 g/mol. The number of nitrogens with two attached hydrogens (primary N) is 1. The van der Waals surface area contributed by atoms with Crippen LogP contribution in [0.1, 0.15) is 12.5 Å². The third-order valence-corrected chi connectivity index (χ3v) is 2.35. The average Bonchev–Trinajstić information content (AvgIpc) is 2.31. The smallest absolute Gasteiger partial charge is 0.258 e. The second-order valence-electron chi connectivity index (χ2n) is 3.67. The first-order valence-corrected chi connectivity index (χ1v) is 5.36. The first-order chi connectivity index (χ1) is 8.08. The molecule has 0 radical (unpaired) electrons. The molecule has 1 aromatic carbocycles. The van der Waals surface area contributed by atoms with Crippen LogP contribution in [0.2, 0.25) is 0 Å². The number of hydrogen-bond acceptors (Lipinski definition) is 4. The highest BCUT2D eigenvalue weighted by atomic mass is 16.5. The molecule has 17 heavy (non-hydrogen) atoms. The Morgan fingerprint density at radius 2 is 2.24 bits per heavy atom. The fourth-order valence-electron chi connectivity index (χ4n) is 1.36. The van der Waals surface area contributed by atoms with Crippen molar-refractivity contribution in [2.75, 3.05) is 14.2 Å². The van der Waals surface area contributed by atoms with Gasteiger partial charge in [-0.2, -0.15) is 0 Å². The maximum Gasteiger partial charge on any atom is 0.258 e. The SMILES string of the molecule is CNCc1ccc(OC)cc1OC(C)C(N)=O. The summed E-state index contributed by atoms with van der Waals surface area (Å²) in [6, 6.07) is 5.47. The van der Waals surface area contributed by atoms with Crippen molar-refractivity contribution in [2.45, 2.75) is 19.6 Å². The molecule has 1 rings (SSSR count). The van der Waals surface area contributed by atoms with Crippen LogP contribution in [0, 0.1) is 0 Å². The number of rotatable bonds is 6. The molecule has 0 aromatic heterocycles. The Kier molecular flexibility index (Phi) is 4.78. The maximum absolute atomic E-state index is 11.0. The fraction of sp³-hybridized carbons (Fsp3) is 0.417. The van der Waals surface area contributed by atoms with Crippen LogP contribution in [0.4, 0.5) is 0 Å². The summed E-state index contributed by atoms with van der Waals surface area (Å²) in [6.45, 7) is 2.26. The Morgan fingerprint density at radius 3 is 2.76 bits per heavy atom. The quantitative estimate of drug-likeness (QED) is 0.764. The summed E-state index contributed by atoms with van der Waals surface area (Å²) < 4.78 is 10.6. The van der Waals surface area contributed by atoms with Crippen LogP contribution >= 0.6 is 0 Å². The lowest BCUT2D eigenvalue weighted by Crippen LogP contribution is -2.31. The molecule has 0 aliphatic heterocycles. The predicted octanol–water partition coefficient (Wildman–Crippen LogP) is 0.667. The van der Waals surface area contributed by atoms with Crippen molar-refractivity contribution in [3.8, 4) is 11.5 Å². The van der Waals surface area contributed by atoms with Gasteiger partial charge in [-0.05, 0) is 20.0 Å². The number of benzene rings is 1. The van der Waals surface area contributed by atoms with E-state index < -0.39 is 12.0 Å². The maximum atomic E-state index is 11.0. The van der Waals surface area contributed by atoms with Crippen molar-refractivity contribution in [3.05, 3.63) is 23.8 Å². The number of carbonyl (C=O) groups excluding carboxylic acids is 1. The zero-order valence-corrected chi connectivity index (χ0v) is 10.3. The molecule has 3 N–H and O–H groups in total. The summed E-state index contributed by atoms with van der Waals surface area (Å²) in [5.74, 6) is 0.782. The predicted molar refractivity (Wildman–Crippen MR) is 65.0 cm³/mol. The molecular formula is C12H18N2O3. The molecule has 5 nitrogen and oxygen atoms in total. The van der Waals surface area contributed by atoms with Crippen LogP contribution in [0.15, 0.2) is 18.2 Å². The van der Waals surface area contributed by atoms with Gasteiger partial charge in [0, 0.05) is 18.2 Å². The molecule has 5 heteroatoms. The number of hydrogen-bond donors (Lipinski definition) is 2. The van der Waals surface area contributed by atoms with E-state index in [0.29, 0.717) is 18.0 Å². The van der Waals surface area contributed by atoms with Crippen molar-refractivity contribution in [3.63, 3.8) is 0 Å². The summed E-state index contributed by atoms with van der Waals surface area (Å²) in [6.07, 6.45) is -0.669. The molecule has 1 unspecified atom stereocenters. The summed E-state index contributed by atoms with van der Waals surface area (Å²) in [5.41, 5.74) is 6.11. The largest absolute Gasteiger partial charge is 0.497 e. The number of methoxy groups -OCH3 is 1. The Morgan fingerprint density at radius 1 is 1.53 bits per heavy atom. The van der Waals surface area contributed by atoms with Crippen molar-refractivity contribution in [2.24, 2.45) is 5.73 Å². The molecule has 0 aliphatic carbocycles. The van der Waals surface area contributed by atoms with E-state index in [-0.39, 0.29) is 0 Å². The lowest BCUT2D eigenvalue weighted by Gasteiger charge is -2.16. The van der Waals surface area contributed by atoms with Crippen LogP contribution in [0.5, 0.6) is 11.5 Å². The highest BCUT2D eigenvalue weighted by Crippen LogP contribution is 2.25. The molecule has 1 aromatic rings. The lowest BCUT2D eigenvalue weighted by molar-refractivity contribution is -0.124. The van der Waals surface area contributed by atoms with Crippen LogP contribution in [0.25, 0.3) is 0 Å². The number of nitrogens with one attached hydrogen (secondary N) is 1. The van der Waals surface area contributed by atoms with Gasteiger partial charge in [-0.25, -0.2) is 0 Å². The van der Waals surface area contributed by atoms with Crippen molar-refractivity contribution in [1.29, 1.82) is 0 Å². The Balaban J connectivity index is 2.95. The van der Waals surface area contributed by atoms with Crippen LogP contribution < -0.4 is 20.5 Å². The van der Waals surface area contributed by atoms with Gasteiger partial charge >= 0.3 is 0 Å². The minimum absolute atomic E-state index is 0.497. The van der Waals surface area contributed by atoms with Gasteiger partial charge in [-0.3, -0.25) is 4.79 Å². The van der Waals surface area contributed by atoms with Gasteiger partial charge in [0.05, 0.1) is 7.11 Å². The van der Waals surface area contributed by atoms with Gasteiger partial charge in [0.1, 0.15) is 11.5 Å². The minimum Gasteiger partial charge on any atom is -0.497 e. The molecule has 0 bridgehead atoms. The molecule has 1 amide bonds. The molecule has 1 atom stereocenters. The zero-order chi connectivity index (χ0) is 12.8. The second-order valence-corrected chi connectivity index (χ2v) is 3.67. The van der Waals surface area contributed by atoms with Crippen LogP contribution in [-0.2, 0) is 11.3 Å². The minimum atomic E-state index is -0.669. The third-order valence-electron chi connectivity index (χ3n) is 2.35. The molecule has 0 heterocycles. The monoisotopic (exact) mass is 238 g/mol. The van der Waals surface area contributed by atoms with E-state index in [0.717, 1.165) is 5.56 Å². The molecule has 0 saturated carbocycles. The summed E-state index contributed by atoms with van der Waals surface area (Å²) in [7, 11) is 3.42. The van der Waals surface area contributed by atoms with Gasteiger partial charge < -0.3 is 20.5 Å². The van der Waals surface area contributed by atoms with Gasteiger partial charge in [0.2, 0.25) is 0 Å². The Hall–Kier alpha value is -1.75. The second kappa shape index (κ2) is 6.10. The topological polar surface area (TPSA) is 73.6 Å². The van der Waals surface area contributed by atoms with Gasteiger partial charge in [0.15, 0.2) is 6.10 Å². The number of ether oxygens (including phenoxy) is 2. The van der Waals surface area contributed by atoms with Crippen LogP contribution in [-0.4, -0.2) is 26.2 Å². The van der Waals surface area contributed by atoms with Crippen molar-refractivity contribution in [1.82, 2.24) is 5.32 Å². The third kappa shape index (κ3) is 3.64. The van der Waals surface area contributed by atoms with Gasteiger partial charge in [-0.1, -0.05) is 6.07 Å². The highest BCUT2D eigenvalue weighted by Gasteiger charge is 2.13. The summed E-state index contributed by atoms with van der Waals surface area (Å²) >= 11 is 0. The molecule has 0 fully saturated rings. The van der Waals surface area contributed by atoms with E-state index in [1.165, 1.54) is 0 Å². The summed E-state index contributed by atoms with van der Waals surface area (Å²) in [5, 5.41) is 3.03. The van der Waals surface area contributed by atoms with Gasteiger partial charge in [-0.15, -0.1) is 0 Å². The molecule has 0 spiro atoms. The van der Waals surface area contributed by atoms with E-state index in [2.05, 4.69) is 5.32 Å². The first kappa shape index (κ1) is 13.3. The molecule has 94 valence electrons. The van der Waals surface area contributed by atoms with Crippen molar-refractivity contribution >= 4 is 5.91 Å². The molecular weight excluding hydrogens is 220 g/mol. The first-order valence-electron chi connectivity index (χ1n) is 5.36. The lowest BCUT2D eigenvalue weighted by atomic mass is 10.2. The van der Waals surface area contributed by atoms with E-state index >= 15 is 0 Å².